The Kier molecular flexibility index (Phi) is 4.60. The number of carbonyl (C=O) groups excluding carboxylic acids is 1. The molecule has 1 fully saturated rings. The topological polar surface area (TPSA) is 41.6 Å². The summed E-state index contributed by atoms with van der Waals surface area (Å²) in [6.07, 6.45) is 1.42. The van der Waals surface area contributed by atoms with Crippen molar-refractivity contribution in [3.8, 4) is 5.75 Å². The molecule has 0 spiro atoms. The minimum atomic E-state index is -0.355. The first-order chi connectivity index (χ1) is 9.51. The fourth-order valence-corrected chi connectivity index (χ4v) is 2.54. The molecule has 0 aromatic heterocycles. The maximum atomic E-state index is 13.4. The molecule has 5 heteroatoms. The average Bonchev–Trinajstić information content (AvgIpc) is 2.43. The summed E-state index contributed by atoms with van der Waals surface area (Å²) >= 11 is 0. The zero-order valence-corrected chi connectivity index (χ0v) is 12.1. The van der Waals surface area contributed by atoms with Gasteiger partial charge in [0.1, 0.15) is 0 Å². The van der Waals surface area contributed by atoms with Crippen LogP contribution in [0.15, 0.2) is 18.2 Å². The number of methoxy groups -OCH3 is 1. The van der Waals surface area contributed by atoms with Gasteiger partial charge in [-0.05, 0) is 31.0 Å². The molecule has 1 heterocycles. The van der Waals surface area contributed by atoms with Crippen molar-refractivity contribution in [2.24, 2.45) is 0 Å². The molecule has 1 aliphatic rings. The monoisotopic (exact) mass is 280 g/mol. The number of carbonyl (C=O) groups is 1. The van der Waals surface area contributed by atoms with Crippen LogP contribution in [0.3, 0.4) is 0 Å². The number of amides is 1. The van der Waals surface area contributed by atoms with Gasteiger partial charge in [0.15, 0.2) is 11.6 Å². The van der Waals surface area contributed by atoms with Crippen LogP contribution in [0.4, 0.5) is 4.39 Å². The quantitative estimate of drug-likeness (QED) is 0.918. The fraction of sp³-hybridized carbons (Fsp3) is 0.533. The van der Waals surface area contributed by atoms with E-state index < -0.39 is 0 Å². The molecule has 1 aliphatic heterocycles. The number of rotatable bonds is 4. The minimum Gasteiger partial charge on any atom is -0.494 e. The summed E-state index contributed by atoms with van der Waals surface area (Å²) in [5.74, 6) is 0.0951. The van der Waals surface area contributed by atoms with E-state index in [4.69, 9.17) is 4.74 Å². The van der Waals surface area contributed by atoms with Gasteiger partial charge in [0.05, 0.1) is 7.11 Å². The summed E-state index contributed by atoms with van der Waals surface area (Å²) < 4.78 is 18.4. The van der Waals surface area contributed by atoms with Gasteiger partial charge >= 0.3 is 0 Å². The van der Waals surface area contributed by atoms with Crippen LogP contribution >= 0.6 is 0 Å². The Morgan fingerprint density at radius 3 is 2.90 bits per heavy atom. The van der Waals surface area contributed by atoms with Gasteiger partial charge in [-0.3, -0.25) is 4.79 Å². The summed E-state index contributed by atoms with van der Waals surface area (Å²) in [5.41, 5.74) is 0.975. The van der Waals surface area contributed by atoms with Crippen molar-refractivity contribution in [1.82, 2.24) is 10.2 Å². The molecule has 0 unspecified atom stereocenters. The zero-order chi connectivity index (χ0) is 14.7. The average molecular weight is 280 g/mol. The molecule has 0 radical (unpaired) electrons. The molecule has 1 saturated heterocycles. The standard InChI is InChI=1S/C15H21FN2O2/c1-10(11-4-6-13(16)14(8-11)20-3)17-12-5-7-15(19)18(2)9-12/h4,6,8,10,12,17H,5,7,9H2,1-3H3/t10-,12-/m0/s1. The summed E-state index contributed by atoms with van der Waals surface area (Å²) in [7, 11) is 3.28. The van der Waals surface area contributed by atoms with E-state index in [2.05, 4.69) is 5.32 Å². The van der Waals surface area contributed by atoms with Crippen molar-refractivity contribution in [2.45, 2.75) is 31.8 Å². The molecular formula is C15H21FN2O2. The van der Waals surface area contributed by atoms with Crippen molar-refractivity contribution in [2.75, 3.05) is 20.7 Å². The van der Waals surface area contributed by atoms with Gasteiger partial charge in [-0.25, -0.2) is 4.39 Å². The van der Waals surface area contributed by atoms with Crippen molar-refractivity contribution in [1.29, 1.82) is 0 Å². The highest BCUT2D eigenvalue weighted by Gasteiger charge is 2.24. The van der Waals surface area contributed by atoms with Crippen LogP contribution in [-0.2, 0) is 4.79 Å². The largest absolute Gasteiger partial charge is 0.494 e. The number of hydrogen-bond donors (Lipinski definition) is 1. The smallest absolute Gasteiger partial charge is 0.222 e. The fourth-order valence-electron chi connectivity index (χ4n) is 2.54. The first-order valence-electron chi connectivity index (χ1n) is 6.84. The van der Waals surface area contributed by atoms with Gasteiger partial charge < -0.3 is 15.0 Å². The van der Waals surface area contributed by atoms with Gasteiger partial charge in [0, 0.05) is 32.1 Å². The molecule has 20 heavy (non-hydrogen) atoms. The third-order valence-corrected chi connectivity index (χ3v) is 3.79. The highest BCUT2D eigenvalue weighted by molar-refractivity contribution is 5.76. The van der Waals surface area contributed by atoms with Crippen molar-refractivity contribution < 1.29 is 13.9 Å². The molecule has 0 bridgehead atoms. The highest BCUT2D eigenvalue weighted by Crippen LogP contribution is 2.23. The van der Waals surface area contributed by atoms with Gasteiger partial charge in [0.25, 0.3) is 0 Å². The SMILES string of the molecule is COc1cc([C@H](C)N[C@H]2CCC(=O)N(C)C2)ccc1F. The van der Waals surface area contributed by atoms with Gasteiger partial charge in [-0.1, -0.05) is 6.07 Å². The van der Waals surface area contributed by atoms with E-state index in [1.165, 1.54) is 13.2 Å². The number of benzene rings is 1. The number of ether oxygens (including phenoxy) is 1. The lowest BCUT2D eigenvalue weighted by molar-refractivity contribution is -0.132. The molecule has 1 N–H and O–H groups in total. The van der Waals surface area contributed by atoms with Gasteiger partial charge in [-0.2, -0.15) is 0 Å². The van der Waals surface area contributed by atoms with Crippen LogP contribution in [0.5, 0.6) is 5.75 Å². The summed E-state index contributed by atoms with van der Waals surface area (Å²) in [6.45, 7) is 2.74. The summed E-state index contributed by atoms with van der Waals surface area (Å²) in [5, 5.41) is 3.48. The Labute approximate surface area is 118 Å². The van der Waals surface area contributed by atoms with Crippen LogP contribution in [0.25, 0.3) is 0 Å². The molecule has 1 amide bonds. The molecule has 0 saturated carbocycles. The lowest BCUT2D eigenvalue weighted by Gasteiger charge is -2.32. The zero-order valence-electron chi connectivity index (χ0n) is 12.1. The van der Waals surface area contributed by atoms with Crippen LogP contribution < -0.4 is 10.1 Å². The maximum absolute atomic E-state index is 13.4. The van der Waals surface area contributed by atoms with Crippen molar-refractivity contribution in [3.05, 3.63) is 29.6 Å². The van der Waals surface area contributed by atoms with Crippen LogP contribution in [0.1, 0.15) is 31.4 Å². The molecule has 2 rings (SSSR count). The molecule has 1 aromatic carbocycles. The third kappa shape index (κ3) is 3.28. The van der Waals surface area contributed by atoms with E-state index in [-0.39, 0.29) is 29.6 Å². The maximum Gasteiger partial charge on any atom is 0.222 e. The van der Waals surface area contributed by atoms with E-state index in [1.54, 1.807) is 17.0 Å². The highest BCUT2D eigenvalue weighted by atomic mass is 19.1. The number of hydrogen-bond acceptors (Lipinski definition) is 3. The lowest BCUT2D eigenvalue weighted by Crippen LogP contribution is -2.47. The third-order valence-electron chi connectivity index (χ3n) is 3.79. The number of piperidine rings is 1. The van der Waals surface area contributed by atoms with Gasteiger partial charge in [0.2, 0.25) is 5.91 Å². The lowest BCUT2D eigenvalue weighted by atomic mass is 10.0. The number of halogens is 1. The molecule has 4 nitrogen and oxygen atoms in total. The van der Waals surface area contributed by atoms with Crippen LogP contribution in [0, 0.1) is 5.82 Å². The Hall–Kier alpha value is -1.62. The van der Waals surface area contributed by atoms with E-state index in [9.17, 15) is 9.18 Å². The molecular weight excluding hydrogens is 259 g/mol. The Bertz CT molecular complexity index is 493. The second-order valence-electron chi connectivity index (χ2n) is 5.29. The van der Waals surface area contributed by atoms with E-state index in [0.29, 0.717) is 13.0 Å². The first kappa shape index (κ1) is 14.8. The van der Waals surface area contributed by atoms with E-state index in [1.807, 2.05) is 14.0 Å². The normalized spacial score (nSPS) is 20.9. The number of nitrogens with zero attached hydrogens (tertiary/aromatic N) is 1. The number of likely N-dealkylation sites (tertiary alicyclic amines) is 1. The van der Waals surface area contributed by atoms with E-state index in [0.717, 1.165) is 12.0 Å². The van der Waals surface area contributed by atoms with Crippen molar-refractivity contribution in [3.63, 3.8) is 0 Å². The summed E-state index contributed by atoms with van der Waals surface area (Å²) in [4.78, 5) is 13.2. The second-order valence-corrected chi connectivity index (χ2v) is 5.29. The molecule has 110 valence electrons. The predicted octanol–water partition coefficient (Wildman–Crippen LogP) is 2.11. The van der Waals surface area contributed by atoms with E-state index >= 15 is 0 Å². The Balaban J connectivity index is 2.01. The first-order valence-corrected chi connectivity index (χ1v) is 6.84. The van der Waals surface area contributed by atoms with Crippen LogP contribution in [0.2, 0.25) is 0 Å². The van der Waals surface area contributed by atoms with Crippen molar-refractivity contribution >= 4 is 5.91 Å². The molecule has 0 aliphatic carbocycles. The predicted molar refractivity (Wildman–Crippen MR) is 75.2 cm³/mol. The van der Waals surface area contributed by atoms with Gasteiger partial charge in [-0.15, -0.1) is 0 Å². The molecule has 1 aromatic rings. The van der Waals surface area contributed by atoms with Crippen LogP contribution in [-0.4, -0.2) is 37.6 Å². The minimum absolute atomic E-state index is 0.0797. The summed E-state index contributed by atoms with van der Waals surface area (Å²) in [6, 6.07) is 5.24. The second kappa shape index (κ2) is 6.22. The number of nitrogens with one attached hydrogen (secondary N) is 1. The molecule has 2 atom stereocenters. The Morgan fingerprint density at radius 2 is 2.25 bits per heavy atom. The number of likely N-dealkylation sites (N-methyl/N-ethyl adjacent to an activating group) is 1. The Morgan fingerprint density at radius 1 is 1.50 bits per heavy atom.